The Labute approximate surface area is 181 Å². The Hall–Kier alpha value is -3.58. The summed E-state index contributed by atoms with van der Waals surface area (Å²) >= 11 is 0. The van der Waals surface area contributed by atoms with Gasteiger partial charge in [-0.05, 0) is 55.2 Å². The van der Waals surface area contributed by atoms with E-state index in [4.69, 9.17) is 9.84 Å². The highest BCUT2D eigenvalue weighted by Crippen LogP contribution is 2.21. The number of carboxylic acid groups (broad SMARTS) is 1. The Bertz CT molecular complexity index is 980. The van der Waals surface area contributed by atoms with Gasteiger partial charge in [-0.25, -0.2) is 9.59 Å². The van der Waals surface area contributed by atoms with Gasteiger partial charge >= 0.3 is 11.9 Å². The average Bonchev–Trinajstić information content (AvgIpc) is 2.76. The summed E-state index contributed by atoms with van der Waals surface area (Å²) in [5.74, 6) is -1.59. The number of ether oxygens (including phenoxy) is 1. The summed E-state index contributed by atoms with van der Waals surface area (Å²) in [6, 6.07) is 14.8. The van der Waals surface area contributed by atoms with Gasteiger partial charge in [-0.3, -0.25) is 0 Å². The van der Waals surface area contributed by atoms with Gasteiger partial charge in [0.1, 0.15) is 0 Å². The largest absolute Gasteiger partial charge is 0.478 e. The number of aliphatic hydroxyl groups excluding tert-OH is 1. The fourth-order valence-corrected chi connectivity index (χ4v) is 2.62. The molecular formula is C24H26N2O5. The minimum absolute atomic E-state index is 0.215. The molecule has 162 valence electrons. The molecule has 2 aromatic rings. The molecule has 0 aromatic heterocycles. The molecule has 0 aliphatic rings. The van der Waals surface area contributed by atoms with Crippen molar-refractivity contribution in [1.29, 1.82) is 0 Å². The summed E-state index contributed by atoms with van der Waals surface area (Å²) < 4.78 is 5.08. The minimum Gasteiger partial charge on any atom is -0.478 e. The van der Waals surface area contributed by atoms with Crippen LogP contribution in [0.25, 0.3) is 0 Å². The average molecular weight is 422 g/mol. The van der Waals surface area contributed by atoms with Gasteiger partial charge in [-0.15, -0.1) is 0 Å². The van der Waals surface area contributed by atoms with E-state index in [-0.39, 0.29) is 18.6 Å². The Balaban J connectivity index is 1.89. The summed E-state index contributed by atoms with van der Waals surface area (Å²) in [5, 5.41) is 27.2. The van der Waals surface area contributed by atoms with E-state index in [1.54, 1.807) is 6.92 Å². The van der Waals surface area contributed by atoms with E-state index >= 15 is 0 Å². The van der Waals surface area contributed by atoms with Gasteiger partial charge in [0.15, 0.2) is 0 Å². The third-order valence-corrected chi connectivity index (χ3v) is 4.48. The molecule has 2 rings (SSSR count). The monoisotopic (exact) mass is 422 g/mol. The molecule has 1 unspecified atom stereocenters. The molecular weight excluding hydrogens is 396 g/mol. The number of carboxylic acids is 1. The molecule has 0 spiro atoms. The number of aryl methyl sites for hydroxylation is 1. The lowest BCUT2D eigenvalue weighted by atomic mass is 10.0. The summed E-state index contributed by atoms with van der Waals surface area (Å²) in [7, 11) is 0. The quantitative estimate of drug-likeness (QED) is 0.310. The van der Waals surface area contributed by atoms with Crippen molar-refractivity contribution in [2.75, 3.05) is 6.61 Å². The smallest absolute Gasteiger partial charge is 0.333 e. The van der Waals surface area contributed by atoms with Gasteiger partial charge in [-0.2, -0.15) is 10.2 Å². The fourth-order valence-electron chi connectivity index (χ4n) is 2.62. The topological polar surface area (TPSA) is 109 Å². The molecule has 0 radical (unpaired) electrons. The van der Waals surface area contributed by atoms with Gasteiger partial charge in [0, 0.05) is 12.0 Å². The summed E-state index contributed by atoms with van der Waals surface area (Å²) in [5.41, 5.74) is 3.42. The molecule has 2 aromatic carbocycles. The zero-order chi connectivity index (χ0) is 22.8. The second kappa shape index (κ2) is 11.6. The molecule has 0 aliphatic carbocycles. The summed E-state index contributed by atoms with van der Waals surface area (Å²) in [6.07, 6.45) is 0.250. The molecule has 1 atom stereocenters. The van der Waals surface area contributed by atoms with E-state index in [1.807, 2.05) is 48.5 Å². The maximum Gasteiger partial charge on any atom is 0.333 e. The number of rotatable bonds is 11. The van der Waals surface area contributed by atoms with Crippen LogP contribution in [0.3, 0.4) is 0 Å². The molecule has 0 saturated heterocycles. The van der Waals surface area contributed by atoms with Crippen molar-refractivity contribution in [3.8, 4) is 0 Å². The number of hydrogen-bond acceptors (Lipinski definition) is 6. The maximum atomic E-state index is 11.4. The lowest BCUT2D eigenvalue weighted by Crippen LogP contribution is -2.17. The van der Waals surface area contributed by atoms with Crippen LogP contribution in [0, 0.1) is 0 Å². The molecule has 31 heavy (non-hydrogen) atoms. The number of hydrogen-bond donors (Lipinski definition) is 2. The number of carbonyl (C=O) groups is 2. The van der Waals surface area contributed by atoms with E-state index in [2.05, 4.69) is 23.4 Å². The molecule has 0 bridgehead atoms. The third kappa shape index (κ3) is 7.98. The van der Waals surface area contributed by atoms with Gasteiger partial charge in [-0.1, -0.05) is 37.4 Å². The third-order valence-electron chi connectivity index (χ3n) is 4.48. The summed E-state index contributed by atoms with van der Waals surface area (Å²) in [4.78, 5) is 22.2. The van der Waals surface area contributed by atoms with Crippen LogP contribution < -0.4 is 0 Å². The molecule has 7 heteroatoms. The number of carbonyl (C=O) groups excluding carboxylic acids is 1. The van der Waals surface area contributed by atoms with Crippen molar-refractivity contribution in [3.63, 3.8) is 0 Å². The number of aliphatic hydroxyl groups is 1. The van der Waals surface area contributed by atoms with Crippen molar-refractivity contribution in [2.45, 2.75) is 32.3 Å². The fraction of sp³-hybridized carbons (Fsp3) is 0.250. The molecule has 0 saturated carbocycles. The van der Waals surface area contributed by atoms with Crippen LogP contribution in [0.1, 0.15) is 24.5 Å². The van der Waals surface area contributed by atoms with Crippen molar-refractivity contribution in [1.82, 2.24) is 0 Å². The highest BCUT2D eigenvalue weighted by Gasteiger charge is 2.15. The van der Waals surface area contributed by atoms with Gasteiger partial charge in [0.2, 0.25) is 0 Å². The van der Waals surface area contributed by atoms with Crippen molar-refractivity contribution < 1.29 is 24.5 Å². The normalized spacial score (nSPS) is 11.8. The number of azo groups is 1. The number of nitrogens with zero attached hydrogens (tertiary/aromatic N) is 2. The first kappa shape index (κ1) is 23.7. The first-order valence-electron chi connectivity index (χ1n) is 9.78. The Morgan fingerprint density at radius 2 is 1.68 bits per heavy atom. The molecule has 0 heterocycles. The van der Waals surface area contributed by atoms with E-state index in [9.17, 15) is 14.7 Å². The van der Waals surface area contributed by atoms with Gasteiger partial charge < -0.3 is 14.9 Å². The van der Waals surface area contributed by atoms with Gasteiger partial charge in [0.05, 0.1) is 29.7 Å². The highest BCUT2D eigenvalue weighted by atomic mass is 16.5. The van der Waals surface area contributed by atoms with Gasteiger partial charge in [0.25, 0.3) is 0 Å². The Morgan fingerprint density at radius 3 is 2.32 bits per heavy atom. The molecule has 0 amide bonds. The van der Waals surface area contributed by atoms with Crippen molar-refractivity contribution >= 4 is 23.3 Å². The lowest BCUT2D eigenvalue weighted by molar-refractivity contribution is -0.139. The molecule has 2 N–H and O–H groups in total. The van der Waals surface area contributed by atoms with Crippen molar-refractivity contribution in [2.24, 2.45) is 10.2 Å². The Kier molecular flexibility index (Phi) is 8.84. The van der Waals surface area contributed by atoms with Crippen LogP contribution in [0.2, 0.25) is 0 Å². The maximum absolute atomic E-state index is 11.4. The highest BCUT2D eigenvalue weighted by molar-refractivity contribution is 5.87. The van der Waals surface area contributed by atoms with Crippen LogP contribution in [-0.2, 0) is 27.2 Å². The van der Waals surface area contributed by atoms with E-state index < -0.39 is 18.0 Å². The standard InChI is InChI=1S/C24H26N2O5/c1-16(2)24(30)31-14-13-18-7-10-20(11-8-18)25-26-21-6-4-5-19(15-21)9-12-22(27)17(3)23(28)29/h4-8,10-11,15,22,27H,1,3,9,12-14H2,2H3,(H,28,29). The van der Waals surface area contributed by atoms with Crippen LogP contribution in [-0.4, -0.2) is 34.9 Å². The zero-order valence-electron chi connectivity index (χ0n) is 17.5. The summed E-state index contributed by atoms with van der Waals surface area (Å²) in [6.45, 7) is 8.81. The van der Waals surface area contributed by atoms with E-state index in [1.165, 1.54) is 0 Å². The predicted octanol–water partition coefficient (Wildman–Crippen LogP) is 4.70. The first-order valence-corrected chi connectivity index (χ1v) is 9.78. The zero-order valence-corrected chi connectivity index (χ0v) is 17.5. The molecule has 7 nitrogen and oxygen atoms in total. The van der Waals surface area contributed by atoms with Crippen LogP contribution in [0.4, 0.5) is 11.4 Å². The lowest BCUT2D eigenvalue weighted by Gasteiger charge is -2.10. The Morgan fingerprint density at radius 1 is 1.00 bits per heavy atom. The van der Waals surface area contributed by atoms with Crippen LogP contribution >= 0.6 is 0 Å². The van der Waals surface area contributed by atoms with Crippen molar-refractivity contribution in [3.05, 3.63) is 84.0 Å². The van der Waals surface area contributed by atoms with E-state index in [0.29, 0.717) is 29.8 Å². The predicted molar refractivity (Wildman–Crippen MR) is 118 cm³/mol. The second-order valence-corrected chi connectivity index (χ2v) is 7.09. The molecule has 0 aliphatic heterocycles. The second-order valence-electron chi connectivity index (χ2n) is 7.09. The number of esters is 1. The molecule has 0 fully saturated rings. The number of aliphatic carboxylic acids is 1. The number of benzene rings is 2. The van der Waals surface area contributed by atoms with Crippen LogP contribution in [0.15, 0.2) is 83.1 Å². The SMILES string of the molecule is C=C(C)C(=O)OCCc1ccc(N=Nc2cccc(CCC(O)C(=C)C(=O)O)c2)cc1. The van der Waals surface area contributed by atoms with E-state index in [0.717, 1.165) is 11.1 Å². The van der Waals surface area contributed by atoms with Crippen LogP contribution in [0.5, 0.6) is 0 Å². The first-order chi connectivity index (χ1) is 14.8. The minimum atomic E-state index is -1.20.